The van der Waals surface area contributed by atoms with E-state index in [1.165, 1.54) is 10.8 Å². The van der Waals surface area contributed by atoms with Gasteiger partial charge in [-0.3, -0.25) is 4.68 Å². The summed E-state index contributed by atoms with van der Waals surface area (Å²) in [5.74, 6) is -0.920. The van der Waals surface area contributed by atoms with Crippen LogP contribution in [0.2, 0.25) is 0 Å². The molecule has 5 rings (SSSR count). The maximum atomic E-state index is 13.8. The fraction of sp³-hybridized carbons (Fsp3) is 0.353. The maximum absolute atomic E-state index is 13.8. The Balaban J connectivity index is 1.72. The number of hydrogen-bond donors (Lipinski definition) is 2. The molecule has 4 aromatic rings. The molecule has 2 N–H and O–H groups in total. The van der Waals surface area contributed by atoms with Crippen LogP contribution in [0.3, 0.4) is 0 Å². The summed E-state index contributed by atoms with van der Waals surface area (Å²) in [5.41, 5.74) is 2.61. The van der Waals surface area contributed by atoms with Gasteiger partial charge in [-0.15, -0.1) is 0 Å². The first-order chi connectivity index (χ1) is 13.0. The first kappa shape index (κ1) is 16.3. The standard InChI is InChI=1S/C17H15F3N6O/c18-17(19,20)16-23-13-6-22-15-12(3-4-21-15)14(13)26(16)11-2-1-10-5-9(8-27)24-25(10)7-11/h3-6,11,27H,1-2,7-8H2,(H,21,22). The number of fused-ring (bicyclic) bond motifs is 4. The molecule has 0 fully saturated rings. The normalized spacial score (nSPS) is 17.7. The van der Waals surface area contributed by atoms with Gasteiger partial charge in [0.1, 0.15) is 11.2 Å². The van der Waals surface area contributed by atoms with Crippen molar-refractivity contribution in [1.82, 2.24) is 29.3 Å². The number of nitrogens with zero attached hydrogens (tertiary/aromatic N) is 5. The first-order valence-electron chi connectivity index (χ1n) is 8.53. The van der Waals surface area contributed by atoms with Crippen molar-refractivity contribution >= 4 is 22.1 Å². The number of imidazole rings is 1. The Labute approximate surface area is 150 Å². The molecule has 0 amide bonds. The van der Waals surface area contributed by atoms with Crippen LogP contribution in [-0.4, -0.2) is 34.4 Å². The summed E-state index contributed by atoms with van der Waals surface area (Å²) in [5, 5.41) is 14.2. The zero-order valence-corrected chi connectivity index (χ0v) is 14.0. The number of rotatable bonds is 2. The monoisotopic (exact) mass is 376 g/mol. The highest BCUT2D eigenvalue weighted by Crippen LogP contribution is 2.38. The second-order valence-electron chi connectivity index (χ2n) is 6.69. The number of nitrogens with one attached hydrogen (secondary N) is 1. The van der Waals surface area contributed by atoms with Crippen LogP contribution in [0, 0.1) is 0 Å². The summed E-state index contributed by atoms with van der Waals surface area (Å²) in [6.45, 7) is 0.0974. The molecule has 1 atom stereocenters. The molecule has 0 saturated heterocycles. The van der Waals surface area contributed by atoms with Crippen molar-refractivity contribution in [2.75, 3.05) is 0 Å². The number of H-pyrrole nitrogens is 1. The fourth-order valence-electron chi connectivity index (χ4n) is 3.92. The van der Waals surface area contributed by atoms with Gasteiger partial charge in [0.2, 0.25) is 5.82 Å². The summed E-state index contributed by atoms with van der Waals surface area (Å²) in [7, 11) is 0. The summed E-state index contributed by atoms with van der Waals surface area (Å²) in [4.78, 5) is 11.0. The number of aliphatic hydroxyl groups is 1. The molecule has 4 aromatic heterocycles. The van der Waals surface area contributed by atoms with Crippen LogP contribution in [0.15, 0.2) is 24.5 Å². The Morgan fingerprint density at radius 2 is 2.19 bits per heavy atom. The van der Waals surface area contributed by atoms with Gasteiger partial charge >= 0.3 is 6.18 Å². The molecule has 0 aliphatic carbocycles. The van der Waals surface area contributed by atoms with Crippen LogP contribution >= 0.6 is 0 Å². The number of aromatic amines is 1. The minimum Gasteiger partial charge on any atom is -0.390 e. The van der Waals surface area contributed by atoms with E-state index in [1.54, 1.807) is 23.0 Å². The third-order valence-corrected chi connectivity index (χ3v) is 5.05. The smallest absolute Gasteiger partial charge is 0.390 e. The van der Waals surface area contributed by atoms with E-state index in [0.29, 0.717) is 35.1 Å². The van der Waals surface area contributed by atoms with E-state index in [2.05, 4.69) is 20.1 Å². The van der Waals surface area contributed by atoms with Crippen LogP contribution in [-0.2, 0) is 25.7 Å². The van der Waals surface area contributed by atoms with E-state index in [1.807, 2.05) is 0 Å². The third-order valence-electron chi connectivity index (χ3n) is 5.05. The van der Waals surface area contributed by atoms with E-state index < -0.39 is 18.0 Å². The lowest BCUT2D eigenvalue weighted by Crippen LogP contribution is -2.27. The molecule has 7 nitrogen and oxygen atoms in total. The third kappa shape index (κ3) is 2.43. The molecular weight excluding hydrogens is 361 g/mol. The summed E-state index contributed by atoms with van der Waals surface area (Å²) >= 11 is 0. The molecule has 0 radical (unpaired) electrons. The minimum absolute atomic E-state index is 0.192. The van der Waals surface area contributed by atoms with Gasteiger partial charge in [0, 0.05) is 17.3 Å². The van der Waals surface area contributed by atoms with Gasteiger partial charge in [-0.05, 0) is 25.0 Å². The van der Waals surface area contributed by atoms with Gasteiger partial charge in [0.25, 0.3) is 0 Å². The molecule has 5 heterocycles. The van der Waals surface area contributed by atoms with Gasteiger partial charge in [-0.2, -0.15) is 18.3 Å². The predicted octanol–water partition coefficient (Wildman–Crippen LogP) is 2.81. The van der Waals surface area contributed by atoms with Gasteiger partial charge < -0.3 is 14.7 Å². The number of pyridine rings is 1. The molecule has 0 spiro atoms. The number of aromatic nitrogens is 6. The second kappa shape index (κ2) is 5.56. The Kier molecular flexibility index (Phi) is 3.36. The molecule has 140 valence electrons. The number of aliphatic hydroxyl groups excluding tert-OH is 1. The summed E-state index contributed by atoms with van der Waals surface area (Å²) in [6.07, 6.45) is -0.453. The predicted molar refractivity (Wildman–Crippen MR) is 89.9 cm³/mol. The minimum atomic E-state index is -4.58. The van der Waals surface area contributed by atoms with Gasteiger partial charge in [-0.1, -0.05) is 0 Å². The van der Waals surface area contributed by atoms with Crippen molar-refractivity contribution in [3.05, 3.63) is 41.7 Å². The van der Waals surface area contributed by atoms with E-state index in [9.17, 15) is 18.3 Å². The van der Waals surface area contributed by atoms with Crippen LogP contribution in [0.4, 0.5) is 13.2 Å². The van der Waals surface area contributed by atoms with E-state index in [4.69, 9.17) is 0 Å². The fourth-order valence-corrected chi connectivity index (χ4v) is 3.92. The zero-order valence-electron chi connectivity index (χ0n) is 14.0. The first-order valence-corrected chi connectivity index (χ1v) is 8.53. The Morgan fingerprint density at radius 3 is 2.96 bits per heavy atom. The molecule has 10 heteroatoms. The lowest BCUT2D eigenvalue weighted by atomic mass is 10.0. The largest absolute Gasteiger partial charge is 0.449 e. The second-order valence-corrected chi connectivity index (χ2v) is 6.69. The lowest BCUT2D eigenvalue weighted by Gasteiger charge is -2.27. The van der Waals surface area contributed by atoms with Crippen LogP contribution < -0.4 is 0 Å². The zero-order chi connectivity index (χ0) is 18.8. The Hall–Kier alpha value is -2.88. The molecule has 1 unspecified atom stereocenters. The Morgan fingerprint density at radius 1 is 1.33 bits per heavy atom. The van der Waals surface area contributed by atoms with Gasteiger partial charge in [0.05, 0.1) is 36.6 Å². The number of aryl methyl sites for hydroxylation is 1. The topological polar surface area (TPSA) is 84.5 Å². The van der Waals surface area contributed by atoms with Crippen molar-refractivity contribution in [2.24, 2.45) is 0 Å². The van der Waals surface area contributed by atoms with Crippen molar-refractivity contribution < 1.29 is 18.3 Å². The highest BCUT2D eigenvalue weighted by Gasteiger charge is 2.40. The highest BCUT2D eigenvalue weighted by atomic mass is 19.4. The maximum Gasteiger partial charge on any atom is 0.449 e. The van der Waals surface area contributed by atoms with Crippen LogP contribution in [0.5, 0.6) is 0 Å². The van der Waals surface area contributed by atoms with E-state index >= 15 is 0 Å². The molecular formula is C17H15F3N6O. The van der Waals surface area contributed by atoms with Crippen LogP contribution in [0.25, 0.3) is 22.1 Å². The van der Waals surface area contributed by atoms with Crippen molar-refractivity contribution in [1.29, 1.82) is 0 Å². The molecule has 1 aliphatic rings. The SMILES string of the molecule is OCc1cc2n(n1)CC(n1c(C(F)(F)F)nc3cnc4[nH]ccc4c31)CC2. The molecule has 0 bridgehead atoms. The lowest BCUT2D eigenvalue weighted by molar-refractivity contribution is -0.147. The average molecular weight is 376 g/mol. The summed E-state index contributed by atoms with van der Waals surface area (Å²) < 4.78 is 44.2. The molecule has 0 aromatic carbocycles. The van der Waals surface area contributed by atoms with Crippen molar-refractivity contribution in [3.63, 3.8) is 0 Å². The number of halogens is 3. The molecule has 27 heavy (non-hydrogen) atoms. The highest BCUT2D eigenvalue weighted by molar-refractivity contribution is 6.01. The molecule has 0 saturated carbocycles. The average Bonchev–Trinajstić information content (AvgIpc) is 3.34. The quantitative estimate of drug-likeness (QED) is 0.563. The van der Waals surface area contributed by atoms with E-state index in [-0.39, 0.29) is 18.7 Å². The van der Waals surface area contributed by atoms with Gasteiger partial charge in [0.15, 0.2) is 0 Å². The number of hydrogen-bond acceptors (Lipinski definition) is 4. The van der Waals surface area contributed by atoms with Crippen LogP contribution in [0.1, 0.15) is 29.7 Å². The Bertz CT molecular complexity index is 1160. The van der Waals surface area contributed by atoms with E-state index in [0.717, 1.165) is 5.69 Å². The number of alkyl halides is 3. The molecule has 1 aliphatic heterocycles. The van der Waals surface area contributed by atoms with Gasteiger partial charge in [-0.25, -0.2) is 9.97 Å². The van der Waals surface area contributed by atoms with Crippen molar-refractivity contribution in [2.45, 2.75) is 38.2 Å². The summed E-state index contributed by atoms with van der Waals surface area (Å²) in [6, 6.07) is 3.06. The van der Waals surface area contributed by atoms with Crippen molar-refractivity contribution in [3.8, 4) is 0 Å².